The molecule has 1 heterocycles. The standard InChI is InChI=1S/C13H28N2/c1-4-5-12-6-8-15(9-7-12)10-13(14)11(2)3/h11-13H,4-10,14H2,1-3H3. The number of likely N-dealkylation sites (tertiary alicyclic amines) is 1. The van der Waals surface area contributed by atoms with Crippen molar-refractivity contribution in [2.24, 2.45) is 17.6 Å². The minimum Gasteiger partial charge on any atom is -0.326 e. The molecule has 0 amide bonds. The van der Waals surface area contributed by atoms with Gasteiger partial charge in [0.25, 0.3) is 0 Å². The third-order valence-corrected chi connectivity index (χ3v) is 3.73. The summed E-state index contributed by atoms with van der Waals surface area (Å²) in [6.45, 7) is 10.4. The highest BCUT2D eigenvalue weighted by Crippen LogP contribution is 2.21. The van der Waals surface area contributed by atoms with E-state index in [2.05, 4.69) is 25.7 Å². The molecule has 1 unspecified atom stereocenters. The van der Waals surface area contributed by atoms with E-state index < -0.39 is 0 Å². The Bertz CT molecular complexity index is 160. The van der Waals surface area contributed by atoms with Crippen LogP contribution in [0.5, 0.6) is 0 Å². The summed E-state index contributed by atoms with van der Waals surface area (Å²) in [4.78, 5) is 2.55. The summed E-state index contributed by atoms with van der Waals surface area (Å²) in [6.07, 6.45) is 5.54. The van der Waals surface area contributed by atoms with Crippen molar-refractivity contribution in [2.45, 2.75) is 52.5 Å². The topological polar surface area (TPSA) is 29.3 Å². The van der Waals surface area contributed by atoms with Crippen LogP contribution in [0.4, 0.5) is 0 Å². The molecule has 90 valence electrons. The Kier molecular flexibility index (Phi) is 5.62. The van der Waals surface area contributed by atoms with Crippen molar-refractivity contribution in [3.63, 3.8) is 0 Å². The second kappa shape index (κ2) is 6.49. The lowest BCUT2D eigenvalue weighted by atomic mass is 9.92. The molecular weight excluding hydrogens is 184 g/mol. The van der Waals surface area contributed by atoms with Gasteiger partial charge in [0.05, 0.1) is 0 Å². The molecule has 15 heavy (non-hydrogen) atoms. The lowest BCUT2D eigenvalue weighted by Crippen LogP contribution is -2.44. The first-order valence-corrected chi connectivity index (χ1v) is 6.61. The second-order valence-electron chi connectivity index (χ2n) is 5.44. The fourth-order valence-electron chi connectivity index (χ4n) is 2.37. The van der Waals surface area contributed by atoms with Gasteiger partial charge in [-0.15, -0.1) is 0 Å². The third kappa shape index (κ3) is 4.52. The molecule has 0 bridgehead atoms. The zero-order chi connectivity index (χ0) is 11.3. The van der Waals surface area contributed by atoms with Crippen molar-refractivity contribution >= 4 is 0 Å². The van der Waals surface area contributed by atoms with Gasteiger partial charge in [0.15, 0.2) is 0 Å². The smallest absolute Gasteiger partial charge is 0.0191 e. The fraction of sp³-hybridized carbons (Fsp3) is 1.00. The largest absolute Gasteiger partial charge is 0.326 e. The van der Waals surface area contributed by atoms with E-state index in [0.717, 1.165) is 12.5 Å². The second-order valence-corrected chi connectivity index (χ2v) is 5.44. The van der Waals surface area contributed by atoms with Gasteiger partial charge in [0.1, 0.15) is 0 Å². The first-order valence-electron chi connectivity index (χ1n) is 6.61. The van der Waals surface area contributed by atoms with Crippen LogP contribution in [0.15, 0.2) is 0 Å². The zero-order valence-electron chi connectivity index (χ0n) is 10.7. The number of piperidine rings is 1. The van der Waals surface area contributed by atoms with Gasteiger partial charge >= 0.3 is 0 Å². The molecule has 0 saturated carbocycles. The maximum Gasteiger partial charge on any atom is 0.0191 e. The first kappa shape index (κ1) is 13.0. The van der Waals surface area contributed by atoms with Crippen LogP contribution in [0.2, 0.25) is 0 Å². The van der Waals surface area contributed by atoms with Crippen LogP contribution >= 0.6 is 0 Å². The maximum atomic E-state index is 6.10. The quantitative estimate of drug-likeness (QED) is 0.758. The van der Waals surface area contributed by atoms with E-state index in [1.165, 1.54) is 38.8 Å². The molecule has 0 aromatic carbocycles. The lowest BCUT2D eigenvalue weighted by Gasteiger charge is -2.34. The monoisotopic (exact) mass is 212 g/mol. The normalized spacial score (nSPS) is 22.2. The molecule has 1 atom stereocenters. The van der Waals surface area contributed by atoms with E-state index >= 15 is 0 Å². The first-order chi connectivity index (χ1) is 7.13. The number of nitrogens with zero attached hydrogens (tertiary/aromatic N) is 1. The van der Waals surface area contributed by atoms with E-state index in [-0.39, 0.29) is 0 Å². The predicted molar refractivity (Wildman–Crippen MR) is 66.9 cm³/mol. The van der Waals surface area contributed by atoms with Gasteiger partial charge in [0.2, 0.25) is 0 Å². The molecule has 0 aromatic heterocycles. The van der Waals surface area contributed by atoms with Crippen molar-refractivity contribution in [1.29, 1.82) is 0 Å². The number of rotatable bonds is 5. The molecule has 0 aromatic rings. The Morgan fingerprint density at radius 1 is 1.27 bits per heavy atom. The van der Waals surface area contributed by atoms with Crippen molar-refractivity contribution in [2.75, 3.05) is 19.6 Å². The highest BCUT2D eigenvalue weighted by atomic mass is 15.1. The van der Waals surface area contributed by atoms with E-state index in [4.69, 9.17) is 5.73 Å². The molecular formula is C13H28N2. The highest BCUT2D eigenvalue weighted by Gasteiger charge is 2.20. The van der Waals surface area contributed by atoms with E-state index in [1.807, 2.05) is 0 Å². The summed E-state index contributed by atoms with van der Waals surface area (Å²) in [5.41, 5.74) is 6.10. The Morgan fingerprint density at radius 3 is 2.33 bits per heavy atom. The van der Waals surface area contributed by atoms with E-state index in [0.29, 0.717) is 12.0 Å². The Labute approximate surface area is 95.2 Å². The van der Waals surface area contributed by atoms with E-state index in [9.17, 15) is 0 Å². The molecule has 2 N–H and O–H groups in total. The minimum absolute atomic E-state index is 0.354. The molecule has 1 aliphatic rings. The number of hydrogen-bond acceptors (Lipinski definition) is 2. The molecule has 0 aliphatic carbocycles. The molecule has 1 fully saturated rings. The summed E-state index contributed by atoms with van der Waals surface area (Å²) in [7, 11) is 0. The Morgan fingerprint density at radius 2 is 1.87 bits per heavy atom. The van der Waals surface area contributed by atoms with Crippen LogP contribution in [-0.4, -0.2) is 30.6 Å². The fourth-order valence-corrected chi connectivity index (χ4v) is 2.37. The maximum absolute atomic E-state index is 6.10. The molecule has 2 nitrogen and oxygen atoms in total. The molecule has 2 heteroatoms. The summed E-state index contributed by atoms with van der Waals surface area (Å²) < 4.78 is 0. The summed E-state index contributed by atoms with van der Waals surface area (Å²) >= 11 is 0. The van der Waals surface area contributed by atoms with Crippen molar-refractivity contribution in [3.8, 4) is 0 Å². The van der Waals surface area contributed by atoms with Gasteiger partial charge in [-0.25, -0.2) is 0 Å². The van der Waals surface area contributed by atoms with Gasteiger partial charge in [-0.2, -0.15) is 0 Å². The average molecular weight is 212 g/mol. The van der Waals surface area contributed by atoms with Gasteiger partial charge in [0, 0.05) is 12.6 Å². The molecule has 1 saturated heterocycles. The van der Waals surface area contributed by atoms with Crippen LogP contribution < -0.4 is 5.73 Å². The van der Waals surface area contributed by atoms with Crippen molar-refractivity contribution in [3.05, 3.63) is 0 Å². The zero-order valence-corrected chi connectivity index (χ0v) is 10.7. The summed E-state index contributed by atoms with van der Waals surface area (Å²) in [6, 6.07) is 0.354. The summed E-state index contributed by atoms with van der Waals surface area (Å²) in [5, 5.41) is 0. The van der Waals surface area contributed by atoms with Crippen LogP contribution in [0.25, 0.3) is 0 Å². The van der Waals surface area contributed by atoms with Gasteiger partial charge < -0.3 is 10.6 Å². The van der Waals surface area contributed by atoms with Crippen LogP contribution in [0, 0.1) is 11.8 Å². The average Bonchev–Trinajstić information content (AvgIpc) is 2.21. The minimum atomic E-state index is 0.354. The SMILES string of the molecule is CCCC1CCN(CC(N)C(C)C)CC1. The lowest BCUT2D eigenvalue weighted by molar-refractivity contribution is 0.162. The number of hydrogen-bond donors (Lipinski definition) is 1. The van der Waals surface area contributed by atoms with Crippen LogP contribution in [-0.2, 0) is 0 Å². The van der Waals surface area contributed by atoms with Crippen LogP contribution in [0.3, 0.4) is 0 Å². The van der Waals surface area contributed by atoms with E-state index in [1.54, 1.807) is 0 Å². The van der Waals surface area contributed by atoms with Gasteiger partial charge in [-0.1, -0.05) is 33.6 Å². The van der Waals surface area contributed by atoms with Crippen LogP contribution in [0.1, 0.15) is 46.5 Å². The van der Waals surface area contributed by atoms with Gasteiger partial charge in [-0.05, 0) is 37.8 Å². The summed E-state index contributed by atoms with van der Waals surface area (Å²) in [5.74, 6) is 1.60. The van der Waals surface area contributed by atoms with Crippen molar-refractivity contribution < 1.29 is 0 Å². The molecule has 0 spiro atoms. The number of nitrogens with two attached hydrogens (primary N) is 1. The predicted octanol–water partition coefficient (Wildman–Crippen LogP) is 2.48. The Hall–Kier alpha value is -0.0800. The molecule has 1 aliphatic heterocycles. The molecule has 1 rings (SSSR count). The highest BCUT2D eigenvalue weighted by molar-refractivity contribution is 4.76. The van der Waals surface area contributed by atoms with Crippen molar-refractivity contribution in [1.82, 2.24) is 4.90 Å². The molecule has 0 radical (unpaired) electrons. The van der Waals surface area contributed by atoms with Gasteiger partial charge in [-0.3, -0.25) is 0 Å². The third-order valence-electron chi connectivity index (χ3n) is 3.73. The Balaban J connectivity index is 2.19.